The summed E-state index contributed by atoms with van der Waals surface area (Å²) in [5.74, 6) is 0. The van der Waals surface area contributed by atoms with Crippen LogP contribution in [0.15, 0.2) is 158 Å². The fraction of sp³-hybridized carbons (Fsp3) is 0. The number of rotatable bonds is 1. The molecule has 10 aromatic rings. The molecule has 0 amide bonds. The summed E-state index contributed by atoms with van der Waals surface area (Å²) in [4.78, 5) is 0. The molecule has 0 N–H and O–H groups in total. The summed E-state index contributed by atoms with van der Waals surface area (Å²) in [6.07, 6.45) is 0. The van der Waals surface area contributed by atoms with Gasteiger partial charge in [0.25, 0.3) is 0 Å². The SMILES string of the molecule is c1ccc(-c2cc3c4c(cccc4c2)-c2cc4ccc5c6cc7c(cc6ccc5c4cc2-3)-c2cc3ccccc3c3cccc-7c23)cc1. The third kappa shape index (κ3) is 3.10. The lowest BCUT2D eigenvalue weighted by Gasteiger charge is -2.13. The number of hydrogen-bond acceptors (Lipinski definition) is 0. The second-order valence-corrected chi connectivity index (χ2v) is 13.6. The maximum absolute atomic E-state index is 2.47. The van der Waals surface area contributed by atoms with Crippen LogP contribution >= 0.6 is 0 Å². The van der Waals surface area contributed by atoms with Crippen molar-refractivity contribution in [2.45, 2.75) is 0 Å². The molecule has 2 aliphatic rings. The van der Waals surface area contributed by atoms with Crippen LogP contribution in [0.2, 0.25) is 0 Å². The van der Waals surface area contributed by atoms with E-state index in [-0.39, 0.29) is 0 Å². The van der Waals surface area contributed by atoms with Crippen LogP contribution in [-0.4, -0.2) is 0 Å². The molecule has 0 saturated heterocycles. The summed E-state index contributed by atoms with van der Waals surface area (Å²) in [6, 6.07) is 59.5. The van der Waals surface area contributed by atoms with E-state index in [4.69, 9.17) is 0 Å². The van der Waals surface area contributed by atoms with Crippen LogP contribution in [0, 0.1) is 0 Å². The van der Waals surface area contributed by atoms with Crippen molar-refractivity contribution in [1.29, 1.82) is 0 Å². The molecule has 48 heavy (non-hydrogen) atoms. The van der Waals surface area contributed by atoms with Gasteiger partial charge in [-0.2, -0.15) is 0 Å². The van der Waals surface area contributed by atoms with Crippen LogP contribution in [0.1, 0.15) is 0 Å². The maximum Gasteiger partial charge on any atom is -0.00199 e. The Labute approximate surface area is 277 Å². The predicted molar refractivity (Wildman–Crippen MR) is 206 cm³/mol. The van der Waals surface area contributed by atoms with Crippen molar-refractivity contribution in [3.8, 4) is 55.6 Å². The van der Waals surface area contributed by atoms with Gasteiger partial charge >= 0.3 is 0 Å². The van der Waals surface area contributed by atoms with E-state index in [1.165, 1.54) is 120 Å². The molecule has 0 radical (unpaired) electrons. The first-order chi connectivity index (χ1) is 23.8. The molecule has 0 spiro atoms. The molecule has 0 heteroatoms. The Balaban J connectivity index is 1.11. The van der Waals surface area contributed by atoms with Crippen LogP contribution in [0.5, 0.6) is 0 Å². The van der Waals surface area contributed by atoms with Crippen LogP contribution in [0.3, 0.4) is 0 Å². The van der Waals surface area contributed by atoms with Gasteiger partial charge in [-0.25, -0.2) is 0 Å². The molecule has 0 fully saturated rings. The molecule has 2 aliphatic carbocycles. The summed E-state index contributed by atoms with van der Waals surface area (Å²) in [7, 11) is 0. The number of hydrogen-bond donors (Lipinski definition) is 0. The first-order valence-electron chi connectivity index (χ1n) is 16.8. The summed E-state index contributed by atoms with van der Waals surface area (Å²) >= 11 is 0. The summed E-state index contributed by atoms with van der Waals surface area (Å²) in [5.41, 5.74) is 13.3. The Morgan fingerprint density at radius 3 is 1.54 bits per heavy atom. The first kappa shape index (κ1) is 24.9. The molecular formula is C48H26. The zero-order valence-electron chi connectivity index (χ0n) is 26.0. The molecule has 0 saturated carbocycles. The molecule has 218 valence electrons. The van der Waals surface area contributed by atoms with E-state index in [9.17, 15) is 0 Å². The Kier molecular flexibility index (Phi) is 4.55. The molecule has 0 atom stereocenters. The van der Waals surface area contributed by atoms with Gasteiger partial charge in [-0.05, 0) is 163 Å². The molecule has 0 nitrogen and oxygen atoms in total. The van der Waals surface area contributed by atoms with Gasteiger partial charge < -0.3 is 0 Å². The quantitative estimate of drug-likeness (QED) is 0.164. The molecule has 10 aromatic carbocycles. The highest BCUT2D eigenvalue weighted by atomic mass is 14.3. The topological polar surface area (TPSA) is 0 Å². The Morgan fingerprint density at radius 1 is 0.208 bits per heavy atom. The zero-order valence-corrected chi connectivity index (χ0v) is 26.0. The highest BCUT2D eigenvalue weighted by Crippen LogP contribution is 2.53. The van der Waals surface area contributed by atoms with E-state index in [1.807, 2.05) is 0 Å². The van der Waals surface area contributed by atoms with Crippen molar-refractivity contribution in [1.82, 2.24) is 0 Å². The summed E-state index contributed by atoms with van der Waals surface area (Å²) < 4.78 is 0. The average molecular weight is 603 g/mol. The standard InChI is InChI=1S/C48H26/c1-2-8-27(9-3-1)32-20-31-11-6-13-37-41-21-29-16-18-34-35(40(29)26-44(41)45(24-32)47(31)37)19-17-30-22-42-43(25-39(30)34)38-15-7-14-36-33-12-5-4-10-28(33)23-46(42)48(36)38/h1-26H. The lowest BCUT2D eigenvalue weighted by Crippen LogP contribution is -1.85. The summed E-state index contributed by atoms with van der Waals surface area (Å²) in [5, 5.41) is 15.9. The maximum atomic E-state index is 2.47. The van der Waals surface area contributed by atoms with Crippen LogP contribution in [0.4, 0.5) is 0 Å². The van der Waals surface area contributed by atoms with E-state index >= 15 is 0 Å². The van der Waals surface area contributed by atoms with Crippen molar-refractivity contribution in [2.24, 2.45) is 0 Å². The van der Waals surface area contributed by atoms with E-state index in [1.54, 1.807) is 0 Å². The third-order valence-electron chi connectivity index (χ3n) is 11.2. The van der Waals surface area contributed by atoms with Gasteiger partial charge in [0.05, 0.1) is 0 Å². The van der Waals surface area contributed by atoms with Gasteiger partial charge in [0, 0.05) is 0 Å². The minimum absolute atomic E-state index is 1.26. The lowest BCUT2D eigenvalue weighted by atomic mass is 9.91. The Morgan fingerprint density at radius 2 is 0.750 bits per heavy atom. The predicted octanol–water partition coefficient (Wildman–Crippen LogP) is 13.6. The number of benzene rings is 10. The van der Waals surface area contributed by atoms with E-state index in [2.05, 4.69) is 158 Å². The molecule has 0 aromatic heterocycles. The average Bonchev–Trinajstić information content (AvgIpc) is 3.63. The fourth-order valence-electron chi connectivity index (χ4n) is 9.12. The second kappa shape index (κ2) is 8.76. The van der Waals surface area contributed by atoms with Crippen molar-refractivity contribution in [3.05, 3.63) is 158 Å². The van der Waals surface area contributed by atoms with Gasteiger partial charge in [-0.1, -0.05) is 115 Å². The van der Waals surface area contributed by atoms with Gasteiger partial charge in [-0.15, -0.1) is 0 Å². The molecule has 0 unspecified atom stereocenters. The van der Waals surface area contributed by atoms with Crippen molar-refractivity contribution in [3.63, 3.8) is 0 Å². The van der Waals surface area contributed by atoms with Crippen molar-refractivity contribution in [2.75, 3.05) is 0 Å². The van der Waals surface area contributed by atoms with E-state index in [0.717, 1.165) is 0 Å². The van der Waals surface area contributed by atoms with Gasteiger partial charge in [0.15, 0.2) is 0 Å². The lowest BCUT2D eigenvalue weighted by molar-refractivity contribution is 1.65. The highest BCUT2D eigenvalue weighted by molar-refractivity contribution is 6.27. The molecular weight excluding hydrogens is 577 g/mol. The third-order valence-corrected chi connectivity index (χ3v) is 11.2. The summed E-state index contributed by atoms with van der Waals surface area (Å²) in [6.45, 7) is 0. The Bertz CT molecular complexity index is 3090. The smallest absolute Gasteiger partial charge is 0.00199 e. The molecule has 0 aliphatic heterocycles. The molecule has 0 heterocycles. The van der Waals surface area contributed by atoms with Gasteiger partial charge in [-0.3, -0.25) is 0 Å². The second-order valence-electron chi connectivity index (χ2n) is 13.6. The Hall–Kier alpha value is -6.24. The van der Waals surface area contributed by atoms with Crippen LogP contribution < -0.4 is 0 Å². The first-order valence-corrected chi connectivity index (χ1v) is 16.8. The molecule has 0 bridgehead atoms. The van der Waals surface area contributed by atoms with Crippen LogP contribution in [0.25, 0.3) is 120 Å². The van der Waals surface area contributed by atoms with Crippen molar-refractivity contribution >= 4 is 64.6 Å². The largest absolute Gasteiger partial charge is 0.0622 e. The minimum atomic E-state index is 1.26. The number of fused-ring (bicyclic) bond motifs is 13. The van der Waals surface area contributed by atoms with Crippen molar-refractivity contribution < 1.29 is 0 Å². The highest BCUT2D eigenvalue weighted by Gasteiger charge is 2.25. The minimum Gasteiger partial charge on any atom is -0.0622 e. The van der Waals surface area contributed by atoms with E-state index < -0.39 is 0 Å². The van der Waals surface area contributed by atoms with Gasteiger partial charge in [0.1, 0.15) is 0 Å². The zero-order chi connectivity index (χ0) is 31.1. The monoisotopic (exact) mass is 602 g/mol. The fourth-order valence-corrected chi connectivity index (χ4v) is 9.12. The normalized spacial score (nSPS) is 12.6. The van der Waals surface area contributed by atoms with Crippen LogP contribution in [-0.2, 0) is 0 Å². The van der Waals surface area contributed by atoms with E-state index in [0.29, 0.717) is 0 Å². The molecule has 12 rings (SSSR count). The van der Waals surface area contributed by atoms with Gasteiger partial charge in [0.2, 0.25) is 0 Å².